The minimum absolute atomic E-state index is 0.111. The minimum atomic E-state index is 0.111. The van der Waals surface area contributed by atoms with Crippen LogP contribution in [-0.4, -0.2) is 18.8 Å². The first-order chi connectivity index (χ1) is 13.3. The first kappa shape index (κ1) is 16.9. The van der Waals surface area contributed by atoms with Crippen molar-refractivity contribution < 1.29 is 9.47 Å². The number of hydrogen-bond donors (Lipinski definition) is 1. The van der Waals surface area contributed by atoms with E-state index in [9.17, 15) is 0 Å². The van der Waals surface area contributed by atoms with Crippen LogP contribution in [0.4, 0.5) is 0 Å². The molecule has 3 nitrogen and oxygen atoms in total. The molecule has 0 atom stereocenters. The van der Waals surface area contributed by atoms with Gasteiger partial charge < -0.3 is 14.8 Å². The maximum atomic E-state index is 6.17. The standard InChI is InChI=1S/C24H27NO2/c1-2-7-19(6-1)20-8-3-5-18(15-20)17-25-13-14-26-22-10-4-9-21-16-24(11-12-24)27-23(21)22/h3-6,8-10,15,25H,1-2,7,11-14,16-17H2. The van der Waals surface area contributed by atoms with Gasteiger partial charge in [-0.05, 0) is 54.9 Å². The Kier molecular flexibility index (Phi) is 4.41. The number of rotatable bonds is 7. The van der Waals surface area contributed by atoms with Gasteiger partial charge in [0.05, 0.1) is 0 Å². The molecule has 2 aromatic carbocycles. The largest absolute Gasteiger partial charge is 0.488 e. The molecule has 3 aliphatic rings. The fourth-order valence-corrected chi connectivity index (χ4v) is 4.23. The van der Waals surface area contributed by atoms with E-state index in [2.05, 4.69) is 47.8 Å². The summed E-state index contributed by atoms with van der Waals surface area (Å²) in [5, 5.41) is 3.50. The molecule has 0 bridgehead atoms. The van der Waals surface area contributed by atoms with E-state index in [1.807, 2.05) is 6.07 Å². The highest BCUT2D eigenvalue weighted by atomic mass is 16.5. The van der Waals surface area contributed by atoms with Crippen molar-refractivity contribution in [3.8, 4) is 11.5 Å². The monoisotopic (exact) mass is 361 g/mol. The van der Waals surface area contributed by atoms with Gasteiger partial charge in [0.1, 0.15) is 12.2 Å². The van der Waals surface area contributed by atoms with Gasteiger partial charge in [-0.2, -0.15) is 0 Å². The van der Waals surface area contributed by atoms with Gasteiger partial charge in [-0.15, -0.1) is 0 Å². The summed E-state index contributed by atoms with van der Waals surface area (Å²) >= 11 is 0. The molecule has 0 aromatic heterocycles. The van der Waals surface area contributed by atoms with Crippen molar-refractivity contribution in [2.75, 3.05) is 13.2 Å². The van der Waals surface area contributed by atoms with Crippen molar-refractivity contribution in [1.29, 1.82) is 0 Å². The molecule has 1 heterocycles. The van der Waals surface area contributed by atoms with Gasteiger partial charge in [-0.1, -0.05) is 42.5 Å². The van der Waals surface area contributed by atoms with E-state index in [1.54, 1.807) is 0 Å². The van der Waals surface area contributed by atoms with Crippen molar-refractivity contribution in [3.05, 3.63) is 65.2 Å². The molecule has 0 radical (unpaired) electrons. The number of hydrogen-bond acceptors (Lipinski definition) is 3. The van der Waals surface area contributed by atoms with E-state index in [0.717, 1.165) is 31.0 Å². The van der Waals surface area contributed by atoms with E-state index < -0.39 is 0 Å². The topological polar surface area (TPSA) is 30.5 Å². The molecule has 1 N–H and O–H groups in total. The van der Waals surface area contributed by atoms with Crippen LogP contribution in [0, 0.1) is 0 Å². The van der Waals surface area contributed by atoms with Crippen LogP contribution in [0.1, 0.15) is 48.8 Å². The highest BCUT2D eigenvalue weighted by Crippen LogP contribution is 2.52. The molecule has 27 heavy (non-hydrogen) atoms. The number of allylic oxidation sites excluding steroid dienone is 2. The molecule has 1 spiro atoms. The highest BCUT2D eigenvalue weighted by molar-refractivity contribution is 5.67. The number of fused-ring (bicyclic) bond motifs is 1. The van der Waals surface area contributed by atoms with E-state index in [4.69, 9.17) is 9.47 Å². The van der Waals surface area contributed by atoms with Crippen molar-refractivity contribution in [2.24, 2.45) is 0 Å². The lowest BCUT2D eigenvalue weighted by atomic mass is 10.0. The Hall–Kier alpha value is -2.26. The van der Waals surface area contributed by atoms with Crippen LogP contribution in [0.25, 0.3) is 5.57 Å². The second-order valence-corrected chi connectivity index (χ2v) is 8.05. The van der Waals surface area contributed by atoms with Gasteiger partial charge in [0, 0.05) is 25.1 Å². The van der Waals surface area contributed by atoms with Gasteiger partial charge in [0.2, 0.25) is 0 Å². The summed E-state index contributed by atoms with van der Waals surface area (Å²) in [6, 6.07) is 15.2. The minimum Gasteiger partial charge on any atom is -0.488 e. The molecule has 3 heteroatoms. The first-order valence-electron chi connectivity index (χ1n) is 10.2. The number of para-hydroxylation sites is 1. The van der Waals surface area contributed by atoms with Gasteiger partial charge in [0.25, 0.3) is 0 Å². The highest BCUT2D eigenvalue weighted by Gasteiger charge is 2.50. The van der Waals surface area contributed by atoms with Crippen molar-refractivity contribution in [1.82, 2.24) is 5.32 Å². The number of nitrogens with one attached hydrogen (secondary N) is 1. The molecule has 1 fully saturated rings. The predicted molar refractivity (Wildman–Crippen MR) is 108 cm³/mol. The van der Waals surface area contributed by atoms with Crippen molar-refractivity contribution in [3.63, 3.8) is 0 Å². The Balaban J connectivity index is 1.11. The zero-order valence-electron chi connectivity index (χ0n) is 15.8. The Labute approximate surface area is 161 Å². The molecule has 1 aliphatic heterocycles. The van der Waals surface area contributed by atoms with Crippen molar-refractivity contribution >= 4 is 5.57 Å². The van der Waals surface area contributed by atoms with Crippen LogP contribution in [0.15, 0.2) is 48.5 Å². The molecular formula is C24H27NO2. The molecule has 2 aliphatic carbocycles. The second kappa shape index (κ2) is 7.05. The maximum absolute atomic E-state index is 6.17. The van der Waals surface area contributed by atoms with Gasteiger partial charge in [0.15, 0.2) is 11.5 Å². The van der Waals surface area contributed by atoms with Crippen LogP contribution in [0.5, 0.6) is 11.5 Å². The fourth-order valence-electron chi connectivity index (χ4n) is 4.23. The zero-order valence-corrected chi connectivity index (χ0v) is 15.8. The predicted octanol–water partition coefficient (Wildman–Crippen LogP) is 4.89. The Morgan fingerprint density at radius 2 is 2.04 bits per heavy atom. The summed E-state index contributed by atoms with van der Waals surface area (Å²) in [7, 11) is 0. The average molecular weight is 361 g/mol. The van der Waals surface area contributed by atoms with E-state index in [-0.39, 0.29) is 5.60 Å². The molecule has 140 valence electrons. The lowest BCUT2D eigenvalue weighted by Crippen LogP contribution is -2.21. The smallest absolute Gasteiger partial charge is 0.165 e. The SMILES string of the molecule is C1=C(c2cccc(CNCCOc3cccc4c3OC3(CC3)C4)c2)CCC1. The maximum Gasteiger partial charge on any atom is 0.165 e. The van der Waals surface area contributed by atoms with Crippen LogP contribution in [0.2, 0.25) is 0 Å². The molecule has 1 saturated carbocycles. The normalized spacial score (nSPS) is 18.9. The van der Waals surface area contributed by atoms with Crippen LogP contribution in [-0.2, 0) is 13.0 Å². The van der Waals surface area contributed by atoms with Crippen LogP contribution in [0.3, 0.4) is 0 Å². The summed E-state index contributed by atoms with van der Waals surface area (Å²) in [5.74, 6) is 1.88. The molecule has 2 aromatic rings. The molecular weight excluding hydrogens is 334 g/mol. The molecule has 5 rings (SSSR count). The summed E-state index contributed by atoms with van der Waals surface area (Å²) < 4.78 is 12.2. The van der Waals surface area contributed by atoms with Crippen LogP contribution >= 0.6 is 0 Å². The quantitative estimate of drug-likeness (QED) is 0.712. The third-order valence-corrected chi connectivity index (χ3v) is 5.90. The third-order valence-electron chi connectivity index (χ3n) is 5.90. The van der Waals surface area contributed by atoms with Crippen LogP contribution < -0.4 is 14.8 Å². The summed E-state index contributed by atoms with van der Waals surface area (Å²) in [6.07, 6.45) is 9.52. The molecule has 0 saturated heterocycles. The lowest BCUT2D eigenvalue weighted by molar-refractivity contribution is 0.198. The van der Waals surface area contributed by atoms with Gasteiger partial charge >= 0.3 is 0 Å². The summed E-state index contributed by atoms with van der Waals surface area (Å²) in [6.45, 7) is 2.34. The van der Waals surface area contributed by atoms with E-state index in [0.29, 0.717) is 6.61 Å². The Morgan fingerprint density at radius 3 is 2.89 bits per heavy atom. The van der Waals surface area contributed by atoms with Gasteiger partial charge in [-0.25, -0.2) is 0 Å². The fraction of sp³-hybridized carbons (Fsp3) is 0.417. The molecule has 0 amide bonds. The van der Waals surface area contributed by atoms with Gasteiger partial charge in [-0.3, -0.25) is 0 Å². The van der Waals surface area contributed by atoms with E-state index >= 15 is 0 Å². The number of ether oxygens (including phenoxy) is 2. The van der Waals surface area contributed by atoms with E-state index in [1.165, 1.54) is 54.4 Å². The first-order valence-corrected chi connectivity index (χ1v) is 10.2. The third kappa shape index (κ3) is 3.61. The second-order valence-electron chi connectivity index (χ2n) is 8.05. The zero-order chi connectivity index (χ0) is 18.1. The summed E-state index contributed by atoms with van der Waals surface area (Å²) in [4.78, 5) is 0. The van der Waals surface area contributed by atoms with Crippen molar-refractivity contribution in [2.45, 2.75) is 50.7 Å². The lowest BCUT2D eigenvalue weighted by Gasteiger charge is -2.13. The average Bonchev–Trinajstić information content (AvgIpc) is 3.10. The Morgan fingerprint density at radius 1 is 1.11 bits per heavy atom. The molecule has 0 unspecified atom stereocenters. The summed E-state index contributed by atoms with van der Waals surface area (Å²) in [5.41, 5.74) is 5.64. The number of benzene rings is 2. The Bertz CT molecular complexity index is 866.